The lowest BCUT2D eigenvalue weighted by molar-refractivity contribution is -0.111. The summed E-state index contributed by atoms with van der Waals surface area (Å²) in [6.45, 7) is 1.55. The van der Waals surface area contributed by atoms with Gasteiger partial charge in [-0.2, -0.15) is 0 Å². The van der Waals surface area contributed by atoms with E-state index in [1.165, 1.54) is 6.08 Å². The van der Waals surface area contributed by atoms with Crippen LogP contribution in [0.15, 0.2) is 66.9 Å². The molecular formula is C24H23N3O2. The third-order valence-electron chi connectivity index (χ3n) is 5.14. The van der Waals surface area contributed by atoms with Gasteiger partial charge in [0.2, 0.25) is 5.91 Å². The molecule has 0 spiro atoms. The van der Waals surface area contributed by atoms with E-state index >= 15 is 0 Å². The molecule has 5 nitrogen and oxygen atoms in total. The molecule has 1 aliphatic rings. The molecule has 0 unspecified atom stereocenters. The van der Waals surface area contributed by atoms with Gasteiger partial charge < -0.3 is 10.2 Å². The minimum atomic E-state index is -0.281. The summed E-state index contributed by atoms with van der Waals surface area (Å²) in [6, 6.07) is 16.9. The summed E-state index contributed by atoms with van der Waals surface area (Å²) in [5.74, 6) is -0.306. The molecular weight excluding hydrogens is 362 g/mol. The van der Waals surface area contributed by atoms with Gasteiger partial charge in [-0.3, -0.25) is 14.6 Å². The van der Waals surface area contributed by atoms with E-state index in [4.69, 9.17) is 0 Å². The zero-order valence-corrected chi connectivity index (χ0v) is 16.2. The van der Waals surface area contributed by atoms with Crippen molar-refractivity contribution in [1.29, 1.82) is 0 Å². The molecule has 1 N–H and O–H groups in total. The van der Waals surface area contributed by atoms with Crippen LogP contribution in [0.1, 0.15) is 35.2 Å². The maximum atomic E-state index is 12.9. The van der Waals surface area contributed by atoms with Gasteiger partial charge in [0.05, 0.1) is 16.8 Å². The van der Waals surface area contributed by atoms with Crippen molar-refractivity contribution in [2.24, 2.45) is 0 Å². The molecule has 3 aromatic rings. The van der Waals surface area contributed by atoms with Crippen LogP contribution in [0, 0.1) is 0 Å². The van der Waals surface area contributed by atoms with Crippen LogP contribution in [0.25, 0.3) is 17.0 Å². The molecule has 2 heterocycles. The first-order chi connectivity index (χ1) is 14.2. The van der Waals surface area contributed by atoms with E-state index in [0.717, 1.165) is 48.8 Å². The zero-order chi connectivity index (χ0) is 20.1. The Hall–Kier alpha value is -3.47. The lowest BCUT2D eigenvalue weighted by atomic mass is 10.1. The third-order valence-corrected chi connectivity index (χ3v) is 5.14. The normalized spacial score (nSPS) is 14.3. The highest BCUT2D eigenvalue weighted by molar-refractivity contribution is 6.08. The quantitative estimate of drug-likeness (QED) is 0.672. The van der Waals surface area contributed by atoms with Crippen LogP contribution in [-0.2, 0) is 4.79 Å². The number of aromatic nitrogens is 1. The Morgan fingerprint density at radius 3 is 2.59 bits per heavy atom. The van der Waals surface area contributed by atoms with Gasteiger partial charge in [-0.15, -0.1) is 0 Å². The molecule has 1 saturated heterocycles. The first-order valence-corrected chi connectivity index (χ1v) is 9.93. The number of fused-ring (bicyclic) bond motifs is 1. The average Bonchev–Trinajstić information content (AvgIpc) is 2.78. The van der Waals surface area contributed by atoms with Gasteiger partial charge in [-0.25, -0.2) is 0 Å². The van der Waals surface area contributed by atoms with E-state index in [1.807, 2.05) is 47.4 Å². The second-order valence-electron chi connectivity index (χ2n) is 7.14. The van der Waals surface area contributed by atoms with Gasteiger partial charge in [0, 0.05) is 36.3 Å². The number of carbonyl (C=O) groups excluding carboxylic acids is 2. The Kier molecular flexibility index (Phi) is 5.66. The molecule has 1 aliphatic heterocycles. The first kappa shape index (κ1) is 18.9. The van der Waals surface area contributed by atoms with Crippen molar-refractivity contribution in [1.82, 2.24) is 9.88 Å². The molecule has 2 amide bonds. The second-order valence-corrected chi connectivity index (χ2v) is 7.14. The van der Waals surface area contributed by atoms with E-state index in [0.29, 0.717) is 11.3 Å². The van der Waals surface area contributed by atoms with Gasteiger partial charge in [0.25, 0.3) is 5.91 Å². The molecule has 0 aliphatic carbocycles. The third kappa shape index (κ3) is 4.35. The minimum absolute atomic E-state index is 0.0252. The Bertz CT molecular complexity index is 1060. The molecule has 0 atom stereocenters. The van der Waals surface area contributed by atoms with Gasteiger partial charge in [-0.1, -0.05) is 36.4 Å². The van der Waals surface area contributed by atoms with Crippen molar-refractivity contribution >= 4 is 34.5 Å². The second kappa shape index (κ2) is 8.69. The zero-order valence-electron chi connectivity index (χ0n) is 16.2. The number of piperidine rings is 1. The summed E-state index contributed by atoms with van der Waals surface area (Å²) >= 11 is 0. The topological polar surface area (TPSA) is 62.3 Å². The molecule has 4 rings (SSSR count). The monoisotopic (exact) mass is 385 g/mol. The van der Waals surface area contributed by atoms with Crippen molar-refractivity contribution in [3.8, 4) is 0 Å². The fourth-order valence-electron chi connectivity index (χ4n) is 3.65. The Morgan fingerprint density at radius 2 is 1.72 bits per heavy atom. The molecule has 2 aromatic carbocycles. The smallest absolute Gasteiger partial charge is 0.255 e. The average molecular weight is 385 g/mol. The molecule has 0 saturated carbocycles. The summed E-state index contributed by atoms with van der Waals surface area (Å²) in [7, 11) is 0. The van der Waals surface area contributed by atoms with Crippen molar-refractivity contribution in [3.63, 3.8) is 0 Å². The van der Waals surface area contributed by atoms with Crippen molar-refractivity contribution in [2.45, 2.75) is 19.3 Å². The predicted octanol–water partition coefficient (Wildman–Crippen LogP) is 4.51. The summed E-state index contributed by atoms with van der Waals surface area (Å²) in [4.78, 5) is 31.7. The van der Waals surface area contributed by atoms with E-state index < -0.39 is 0 Å². The summed E-state index contributed by atoms with van der Waals surface area (Å²) in [5, 5.41) is 3.88. The van der Waals surface area contributed by atoms with E-state index in [2.05, 4.69) is 10.3 Å². The molecule has 0 radical (unpaired) electrons. The van der Waals surface area contributed by atoms with Crippen molar-refractivity contribution < 1.29 is 9.59 Å². The maximum Gasteiger partial charge on any atom is 0.255 e. The highest BCUT2D eigenvalue weighted by Gasteiger charge is 2.20. The van der Waals surface area contributed by atoms with Gasteiger partial charge in [0.1, 0.15) is 0 Å². The number of hydrogen-bond donors (Lipinski definition) is 1. The number of nitrogens with one attached hydrogen (secondary N) is 1. The summed E-state index contributed by atoms with van der Waals surface area (Å²) in [6.07, 6.45) is 8.19. The van der Waals surface area contributed by atoms with E-state index in [1.54, 1.807) is 24.4 Å². The Morgan fingerprint density at radius 1 is 0.931 bits per heavy atom. The number of hydrogen-bond acceptors (Lipinski definition) is 3. The first-order valence-electron chi connectivity index (χ1n) is 9.93. The van der Waals surface area contributed by atoms with Gasteiger partial charge in [0.15, 0.2) is 0 Å². The molecule has 146 valence electrons. The van der Waals surface area contributed by atoms with Crippen LogP contribution in [0.2, 0.25) is 0 Å². The number of pyridine rings is 1. The molecule has 0 bridgehead atoms. The maximum absolute atomic E-state index is 12.9. The standard InChI is InChI=1S/C24H23N3O2/c28-22(14-13-19-9-6-8-18-10-7-15-25-23(18)19)26-21-12-3-2-11-20(21)24(29)27-16-4-1-5-17-27/h2-3,6-15H,1,4-5,16-17H2,(H,26,28)/b14-13+. The van der Waals surface area contributed by atoms with Crippen molar-refractivity contribution in [3.05, 3.63) is 78.0 Å². The number of anilines is 1. The van der Waals surface area contributed by atoms with Crippen LogP contribution < -0.4 is 5.32 Å². The number of benzene rings is 2. The summed E-state index contributed by atoms with van der Waals surface area (Å²) < 4.78 is 0. The fourth-order valence-corrected chi connectivity index (χ4v) is 3.65. The van der Waals surface area contributed by atoms with Crippen molar-refractivity contribution in [2.75, 3.05) is 18.4 Å². The number of likely N-dealkylation sites (tertiary alicyclic amines) is 1. The number of carbonyl (C=O) groups is 2. The number of amides is 2. The minimum Gasteiger partial charge on any atom is -0.339 e. The Labute approximate surface area is 170 Å². The Balaban J connectivity index is 1.51. The predicted molar refractivity (Wildman–Crippen MR) is 116 cm³/mol. The molecule has 1 fully saturated rings. The van der Waals surface area contributed by atoms with Crippen LogP contribution in [-0.4, -0.2) is 34.8 Å². The van der Waals surface area contributed by atoms with Crippen LogP contribution in [0.4, 0.5) is 5.69 Å². The SMILES string of the molecule is O=C(/C=C/c1cccc2cccnc12)Nc1ccccc1C(=O)N1CCCCC1. The fraction of sp³-hybridized carbons (Fsp3) is 0.208. The van der Waals surface area contributed by atoms with Gasteiger partial charge in [-0.05, 0) is 43.5 Å². The van der Waals surface area contributed by atoms with Crippen LogP contribution >= 0.6 is 0 Å². The number of para-hydroxylation sites is 2. The molecule has 1 aromatic heterocycles. The summed E-state index contributed by atoms with van der Waals surface area (Å²) in [5.41, 5.74) is 2.78. The molecule has 5 heteroatoms. The van der Waals surface area contributed by atoms with E-state index in [-0.39, 0.29) is 11.8 Å². The highest BCUT2D eigenvalue weighted by Crippen LogP contribution is 2.21. The van der Waals surface area contributed by atoms with Crippen LogP contribution in [0.3, 0.4) is 0 Å². The largest absolute Gasteiger partial charge is 0.339 e. The van der Waals surface area contributed by atoms with Crippen LogP contribution in [0.5, 0.6) is 0 Å². The highest BCUT2D eigenvalue weighted by atomic mass is 16.2. The number of nitrogens with zero attached hydrogens (tertiary/aromatic N) is 2. The molecule has 29 heavy (non-hydrogen) atoms. The number of rotatable bonds is 4. The lowest BCUT2D eigenvalue weighted by Crippen LogP contribution is -2.36. The lowest BCUT2D eigenvalue weighted by Gasteiger charge is -2.27. The van der Waals surface area contributed by atoms with Gasteiger partial charge >= 0.3 is 0 Å². The van der Waals surface area contributed by atoms with E-state index in [9.17, 15) is 9.59 Å².